The van der Waals surface area contributed by atoms with Crippen LogP contribution in [0.4, 0.5) is 0 Å². The van der Waals surface area contributed by atoms with Crippen LogP contribution in [0, 0.1) is 5.92 Å². The molecule has 0 atom stereocenters. The van der Waals surface area contributed by atoms with E-state index in [4.69, 9.17) is 0 Å². The molecule has 1 aliphatic carbocycles. The van der Waals surface area contributed by atoms with Gasteiger partial charge in [0.15, 0.2) is 0 Å². The van der Waals surface area contributed by atoms with E-state index in [0.29, 0.717) is 0 Å². The van der Waals surface area contributed by atoms with Gasteiger partial charge in [0.2, 0.25) is 0 Å². The second-order valence-electron chi connectivity index (χ2n) is 1.68. The highest BCUT2D eigenvalue weighted by Gasteiger charge is 2.12. The van der Waals surface area contributed by atoms with Gasteiger partial charge in [-0.15, -0.1) is 0 Å². The molecule has 0 unspecified atom stereocenters. The molecule has 10 heavy (non-hydrogen) atoms. The highest BCUT2D eigenvalue weighted by Crippen LogP contribution is 2.26. The summed E-state index contributed by atoms with van der Waals surface area (Å²) in [5.74, 6) is 1.08. The SMILES string of the molecule is CC.CC.CC.CC1CC1. The second-order valence-corrected chi connectivity index (χ2v) is 1.68. The lowest BCUT2D eigenvalue weighted by Gasteiger charge is -1.53. The van der Waals surface area contributed by atoms with E-state index >= 15 is 0 Å². The molecule has 0 aromatic rings. The van der Waals surface area contributed by atoms with Crippen molar-refractivity contribution in [1.82, 2.24) is 0 Å². The van der Waals surface area contributed by atoms with Gasteiger partial charge in [-0.2, -0.15) is 0 Å². The molecule has 0 bridgehead atoms. The average molecular weight is 146 g/mol. The highest BCUT2D eigenvalue weighted by atomic mass is 14.2. The van der Waals surface area contributed by atoms with Gasteiger partial charge in [0.25, 0.3) is 0 Å². The minimum Gasteiger partial charge on any atom is -0.0683 e. The van der Waals surface area contributed by atoms with E-state index in [1.54, 1.807) is 0 Å². The van der Waals surface area contributed by atoms with Gasteiger partial charge in [-0.05, 0) is 5.92 Å². The molecule has 1 fully saturated rings. The molecule has 0 saturated heterocycles. The zero-order valence-corrected chi connectivity index (χ0v) is 8.99. The van der Waals surface area contributed by atoms with Crippen LogP contribution in [-0.4, -0.2) is 0 Å². The van der Waals surface area contributed by atoms with Crippen LogP contribution < -0.4 is 0 Å². The Morgan fingerprint density at radius 2 is 0.800 bits per heavy atom. The summed E-state index contributed by atoms with van der Waals surface area (Å²) in [7, 11) is 0. The number of hydrogen-bond donors (Lipinski definition) is 0. The minimum atomic E-state index is 1.08. The third kappa shape index (κ3) is 43.6. The van der Waals surface area contributed by atoms with Crippen LogP contribution in [0.25, 0.3) is 0 Å². The molecule has 0 spiro atoms. The molecular weight excluding hydrogens is 120 g/mol. The predicted octanol–water partition coefficient (Wildman–Crippen LogP) is 4.49. The predicted molar refractivity (Wildman–Crippen MR) is 52.4 cm³/mol. The van der Waals surface area contributed by atoms with Crippen molar-refractivity contribution in [3.63, 3.8) is 0 Å². The van der Waals surface area contributed by atoms with Gasteiger partial charge in [-0.3, -0.25) is 0 Å². The minimum absolute atomic E-state index is 1.08. The first-order valence-electron chi connectivity index (χ1n) is 4.89. The quantitative estimate of drug-likeness (QED) is 0.472. The largest absolute Gasteiger partial charge is 0.0683 e. The first kappa shape index (κ1) is 16.5. The van der Waals surface area contributed by atoms with Crippen molar-refractivity contribution < 1.29 is 0 Å². The van der Waals surface area contributed by atoms with E-state index < -0.39 is 0 Å². The fourth-order valence-electron chi connectivity index (χ4n) is 0.167. The van der Waals surface area contributed by atoms with Gasteiger partial charge >= 0.3 is 0 Å². The van der Waals surface area contributed by atoms with Crippen molar-refractivity contribution in [2.75, 3.05) is 0 Å². The molecule has 66 valence electrons. The molecule has 0 heterocycles. The smallest absolute Gasteiger partial charge is 0.0443 e. The Morgan fingerprint density at radius 3 is 0.800 bits per heavy atom. The first-order chi connectivity index (χ1) is 4.89. The van der Waals surface area contributed by atoms with Gasteiger partial charge in [0, 0.05) is 0 Å². The molecular formula is C10H26. The maximum absolute atomic E-state index is 2.28. The molecule has 0 radical (unpaired) electrons. The Morgan fingerprint density at radius 1 is 0.700 bits per heavy atom. The normalized spacial score (nSPS) is 12.3. The standard InChI is InChI=1S/C4H8.3C2H6/c1-4-2-3-4;3*1-2/h4H,2-3H2,1H3;3*1-2H3. The molecule has 0 aromatic heterocycles. The van der Waals surface area contributed by atoms with Gasteiger partial charge in [-0.25, -0.2) is 0 Å². The third-order valence-electron chi connectivity index (χ3n) is 0.866. The molecule has 0 N–H and O–H groups in total. The summed E-state index contributed by atoms with van der Waals surface area (Å²) < 4.78 is 0. The van der Waals surface area contributed by atoms with E-state index in [9.17, 15) is 0 Å². The number of hydrogen-bond acceptors (Lipinski definition) is 0. The Balaban J connectivity index is -0.0000000729. The monoisotopic (exact) mass is 146 g/mol. The molecule has 0 nitrogen and oxygen atoms in total. The zero-order valence-electron chi connectivity index (χ0n) is 8.99. The molecule has 0 amide bonds. The van der Waals surface area contributed by atoms with Crippen molar-refractivity contribution in [3.05, 3.63) is 0 Å². The summed E-state index contributed by atoms with van der Waals surface area (Å²) in [6.45, 7) is 14.3. The van der Waals surface area contributed by atoms with Crippen molar-refractivity contribution in [2.24, 2.45) is 5.92 Å². The Bertz CT molecular complexity index is 19.2. The highest BCUT2D eigenvalue weighted by molar-refractivity contribution is 4.65. The molecule has 1 saturated carbocycles. The maximum atomic E-state index is 2.28. The average Bonchev–Trinajstić information content (AvgIpc) is 2.84. The van der Waals surface area contributed by atoms with Crippen molar-refractivity contribution >= 4 is 0 Å². The first-order valence-corrected chi connectivity index (χ1v) is 4.89. The van der Waals surface area contributed by atoms with Crippen molar-refractivity contribution in [2.45, 2.75) is 61.3 Å². The summed E-state index contributed by atoms with van der Waals surface area (Å²) in [6, 6.07) is 0. The summed E-state index contributed by atoms with van der Waals surface area (Å²) in [5.41, 5.74) is 0. The van der Waals surface area contributed by atoms with Crippen LogP contribution in [0.15, 0.2) is 0 Å². The zero-order chi connectivity index (χ0) is 8.99. The summed E-state index contributed by atoms with van der Waals surface area (Å²) in [5, 5.41) is 0. The second kappa shape index (κ2) is 23.0. The summed E-state index contributed by atoms with van der Waals surface area (Å²) in [4.78, 5) is 0. The van der Waals surface area contributed by atoms with E-state index in [1.807, 2.05) is 41.5 Å². The van der Waals surface area contributed by atoms with Crippen LogP contribution in [0.3, 0.4) is 0 Å². The Labute approximate surface area is 68.0 Å². The number of rotatable bonds is 0. The van der Waals surface area contributed by atoms with E-state index in [-0.39, 0.29) is 0 Å². The Kier molecular flexibility index (Phi) is 38.1. The van der Waals surface area contributed by atoms with Gasteiger partial charge in [0.1, 0.15) is 0 Å². The Hall–Kier alpha value is 0. The summed E-state index contributed by atoms with van der Waals surface area (Å²) >= 11 is 0. The van der Waals surface area contributed by atoms with E-state index in [1.165, 1.54) is 12.8 Å². The van der Waals surface area contributed by atoms with Crippen LogP contribution in [0.5, 0.6) is 0 Å². The van der Waals surface area contributed by atoms with Crippen LogP contribution in [-0.2, 0) is 0 Å². The van der Waals surface area contributed by atoms with Crippen LogP contribution >= 0.6 is 0 Å². The van der Waals surface area contributed by atoms with E-state index in [2.05, 4.69) is 6.92 Å². The maximum Gasteiger partial charge on any atom is -0.0443 e. The topological polar surface area (TPSA) is 0 Å². The molecule has 0 aromatic carbocycles. The molecule has 0 aliphatic heterocycles. The van der Waals surface area contributed by atoms with Crippen LogP contribution in [0.1, 0.15) is 61.3 Å². The third-order valence-corrected chi connectivity index (χ3v) is 0.866. The van der Waals surface area contributed by atoms with Gasteiger partial charge in [-0.1, -0.05) is 61.3 Å². The van der Waals surface area contributed by atoms with Gasteiger partial charge in [0.05, 0.1) is 0 Å². The molecule has 0 heteroatoms. The lowest BCUT2D eigenvalue weighted by molar-refractivity contribution is 0.983. The van der Waals surface area contributed by atoms with Crippen molar-refractivity contribution in [1.29, 1.82) is 0 Å². The lowest BCUT2D eigenvalue weighted by Crippen LogP contribution is -1.42. The fourth-order valence-corrected chi connectivity index (χ4v) is 0.167. The molecule has 1 aliphatic rings. The van der Waals surface area contributed by atoms with Gasteiger partial charge < -0.3 is 0 Å². The molecule has 1 rings (SSSR count). The van der Waals surface area contributed by atoms with E-state index in [0.717, 1.165) is 5.92 Å². The lowest BCUT2D eigenvalue weighted by atomic mass is 10.5. The van der Waals surface area contributed by atoms with Crippen molar-refractivity contribution in [3.8, 4) is 0 Å². The summed E-state index contributed by atoms with van der Waals surface area (Å²) in [6.07, 6.45) is 2.97. The fraction of sp³-hybridized carbons (Fsp3) is 1.00. The van der Waals surface area contributed by atoms with Crippen LogP contribution in [0.2, 0.25) is 0 Å².